The minimum absolute atomic E-state index is 0.0441. The molecule has 2 rings (SSSR count). The third-order valence-electron chi connectivity index (χ3n) is 2.26. The van der Waals surface area contributed by atoms with E-state index in [4.69, 9.17) is 0 Å². The van der Waals surface area contributed by atoms with Crippen molar-refractivity contribution in [3.8, 4) is 0 Å². The Hall–Kier alpha value is -2.02. The van der Waals surface area contributed by atoms with Crippen LogP contribution >= 0.6 is 7.81 Å². The summed E-state index contributed by atoms with van der Waals surface area (Å²) in [7, 11) is -10.7. The molecule has 144 valence electrons. The van der Waals surface area contributed by atoms with Gasteiger partial charge in [-0.2, -0.15) is 0 Å². The van der Waals surface area contributed by atoms with E-state index in [-0.39, 0.29) is 11.4 Å². The van der Waals surface area contributed by atoms with Gasteiger partial charge in [0.1, 0.15) is 0 Å². The third-order valence-corrected chi connectivity index (χ3v) is 4.84. The van der Waals surface area contributed by atoms with Crippen LogP contribution in [-0.4, -0.2) is 9.85 Å². The molecule has 0 saturated heterocycles. The van der Waals surface area contributed by atoms with E-state index >= 15 is 0 Å². The summed E-state index contributed by atoms with van der Waals surface area (Å²) in [5.41, 5.74) is 0.0882. The fourth-order valence-corrected chi connectivity index (χ4v) is 3.87. The molecule has 26 heavy (non-hydrogen) atoms. The second-order valence-electron chi connectivity index (χ2n) is 4.53. The maximum absolute atomic E-state index is 10.7. The van der Waals surface area contributed by atoms with Crippen molar-refractivity contribution in [2.75, 3.05) is 0 Å². The zero-order chi connectivity index (χ0) is 20.2. The maximum Gasteiger partial charge on any atom is 0.358 e. The Morgan fingerprint density at radius 3 is 1.31 bits per heavy atom. The fraction of sp³-hybridized carbons (Fsp3) is 0. The molecule has 0 spiro atoms. The molecule has 0 aliphatic carbocycles. The molecular weight excluding hydrogens is 508 g/mol. The van der Waals surface area contributed by atoms with E-state index in [1.54, 1.807) is 24.3 Å². The molecular formula is C12H8F6IN2O4P. The van der Waals surface area contributed by atoms with Gasteiger partial charge in [0.15, 0.2) is 0 Å². The number of non-ortho nitro benzene ring substituents is 2. The minimum atomic E-state index is -10.7. The molecule has 0 radical (unpaired) electrons. The second-order valence-corrected chi connectivity index (χ2v) is 9.47. The number of halogens is 7. The summed E-state index contributed by atoms with van der Waals surface area (Å²) < 4.78 is 60.9. The number of nitro benzene ring substituents is 2. The zero-order valence-corrected chi connectivity index (χ0v) is 15.3. The molecule has 0 bridgehead atoms. The molecule has 0 N–H and O–H groups in total. The Morgan fingerprint density at radius 1 is 0.731 bits per heavy atom. The van der Waals surface area contributed by atoms with Crippen molar-refractivity contribution in [3.05, 3.63) is 75.9 Å². The molecule has 0 heterocycles. The number of hydrogen-bond acceptors (Lipinski definition) is 4. The summed E-state index contributed by atoms with van der Waals surface area (Å²) in [6, 6.07) is 12.8. The van der Waals surface area contributed by atoms with Crippen LogP contribution in [0.15, 0.2) is 48.5 Å². The largest absolute Gasteiger partial charge is 0.358 e. The van der Waals surface area contributed by atoms with Crippen molar-refractivity contribution >= 4 is 19.2 Å². The monoisotopic (exact) mass is 516 g/mol. The van der Waals surface area contributed by atoms with Crippen LogP contribution in [0.3, 0.4) is 0 Å². The molecule has 0 aromatic heterocycles. The SMILES string of the molecule is F[P-](F)(F)(F)(F)F.O=[N+]([O-])c1cccc([I+]c2cccc([N+](=O)[O-])c2)c1. The van der Waals surface area contributed by atoms with Crippen LogP contribution in [0, 0.1) is 27.4 Å². The first-order valence-corrected chi connectivity index (χ1v) is 10.4. The molecule has 0 saturated carbocycles. The summed E-state index contributed by atoms with van der Waals surface area (Å²) in [4.78, 5) is 20.5. The van der Waals surface area contributed by atoms with Gasteiger partial charge in [-0.25, -0.2) is 0 Å². The van der Waals surface area contributed by atoms with E-state index in [1.807, 2.05) is 0 Å². The molecule has 2 aromatic carbocycles. The Labute approximate surface area is 151 Å². The Kier molecular flexibility index (Phi) is 5.88. The van der Waals surface area contributed by atoms with Gasteiger partial charge in [-0.05, 0) is 12.1 Å². The van der Waals surface area contributed by atoms with Gasteiger partial charge in [-0.1, -0.05) is 12.1 Å². The first-order chi connectivity index (χ1) is 11.5. The number of hydrogen-bond donors (Lipinski definition) is 0. The minimum Gasteiger partial charge on any atom is -0.258 e. The normalized spacial score (nSPS) is 13.6. The number of nitrogens with zero attached hydrogens (tertiary/aromatic N) is 2. The molecule has 0 atom stereocenters. The van der Waals surface area contributed by atoms with E-state index in [9.17, 15) is 45.4 Å². The van der Waals surface area contributed by atoms with Crippen molar-refractivity contribution in [2.24, 2.45) is 0 Å². The van der Waals surface area contributed by atoms with Crippen molar-refractivity contribution < 1.29 is 56.2 Å². The standard InChI is InChI=1S/C12H8IN2O4.F6P/c16-14(17)11-5-1-3-9(7-11)13-10-4-2-6-12(8-10)15(18)19;1-7(2,3,4,5)6/h1-8H;/q+1;-1. The molecule has 0 aliphatic heterocycles. The quantitative estimate of drug-likeness (QED) is 0.206. The average Bonchev–Trinajstić information content (AvgIpc) is 2.44. The van der Waals surface area contributed by atoms with Gasteiger partial charge in [0.05, 0.1) is 22.0 Å². The summed E-state index contributed by atoms with van der Waals surface area (Å²) in [5.74, 6) is 0. The van der Waals surface area contributed by atoms with Crippen LogP contribution in [-0.2, 0) is 0 Å². The molecule has 0 fully saturated rings. The smallest absolute Gasteiger partial charge is 0.258 e. The van der Waals surface area contributed by atoms with Crippen LogP contribution in [0.1, 0.15) is 0 Å². The van der Waals surface area contributed by atoms with Crippen LogP contribution in [0.5, 0.6) is 0 Å². The van der Waals surface area contributed by atoms with Crippen molar-refractivity contribution in [3.63, 3.8) is 0 Å². The number of rotatable bonds is 4. The summed E-state index contributed by atoms with van der Waals surface area (Å²) >= 11 is -0.665. The number of nitro groups is 2. The van der Waals surface area contributed by atoms with Gasteiger partial charge < -0.3 is 0 Å². The first-order valence-electron chi connectivity index (χ1n) is 6.21. The molecule has 6 nitrogen and oxygen atoms in total. The molecule has 2 aromatic rings. The average molecular weight is 516 g/mol. The van der Waals surface area contributed by atoms with E-state index in [0.29, 0.717) is 0 Å². The zero-order valence-electron chi connectivity index (χ0n) is 12.2. The van der Waals surface area contributed by atoms with Crippen molar-refractivity contribution in [1.82, 2.24) is 0 Å². The van der Waals surface area contributed by atoms with Crippen LogP contribution in [0.25, 0.3) is 0 Å². The van der Waals surface area contributed by atoms with E-state index in [2.05, 4.69) is 0 Å². The van der Waals surface area contributed by atoms with Crippen LogP contribution in [0.4, 0.5) is 36.6 Å². The predicted molar refractivity (Wildman–Crippen MR) is 77.2 cm³/mol. The summed E-state index contributed by atoms with van der Waals surface area (Å²) in [6.45, 7) is 0. The van der Waals surface area contributed by atoms with Gasteiger partial charge in [-0.15, -0.1) is 0 Å². The Morgan fingerprint density at radius 2 is 1.04 bits per heavy atom. The molecule has 0 amide bonds. The molecule has 0 aliphatic rings. The van der Waals surface area contributed by atoms with E-state index in [0.717, 1.165) is 7.14 Å². The Balaban J connectivity index is 0.000000412. The predicted octanol–water partition coefficient (Wildman–Crippen LogP) is 3.01. The maximum atomic E-state index is 10.7. The van der Waals surface area contributed by atoms with Crippen molar-refractivity contribution in [1.29, 1.82) is 0 Å². The van der Waals surface area contributed by atoms with Gasteiger partial charge >= 0.3 is 54.2 Å². The van der Waals surface area contributed by atoms with Gasteiger partial charge in [-0.3, -0.25) is 20.2 Å². The van der Waals surface area contributed by atoms with Gasteiger partial charge in [0.2, 0.25) is 7.14 Å². The van der Waals surface area contributed by atoms with Gasteiger partial charge in [0.25, 0.3) is 11.4 Å². The van der Waals surface area contributed by atoms with E-state index in [1.165, 1.54) is 24.3 Å². The van der Waals surface area contributed by atoms with Crippen LogP contribution in [0.2, 0.25) is 0 Å². The Bertz CT molecular complexity index is 780. The summed E-state index contributed by atoms with van der Waals surface area (Å²) in [5, 5.41) is 21.4. The second kappa shape index (κ2) is 6.95. The number of benzene rings is 2. The van der Waals surface area contributed by atoms with E-state index < -0.39 is 38.9 Å². The summed E-state index contributed by atoms with van der Waals surface area (Å²) in [6.07, 6.45) is 0. The molecule has 14 heteroatoms. The first kappa shape index (κ1) is 22.0. The topological polar surface area (TPSA) is 86.3 Å². The van der Waals surface area contributed by atoms with Gasteiger partial charge in [0, 0.05) is 12.1 Å². The van der Waals surface area contributed by atoms with Crippen LogP contribution < -0.4 is 21.2 Å². The van der Waals surface area contributed by atoms with Crippen molar-refractivity contribution in [2.45, 2.75) is 0 Å². The molecule has 0 unspecified atom stereocenters. The fourth-order valence-electron chi connectivity index (χ4n) is 1.42. The third kappa shape index (κ3) is 10.8.